The summed E-state index contributed by atoms with van der Waals surface area (Å²) in [6, 6.07) is 0. The van der Waals surface area contributed by atoms with Crippen molar-refractivity contribution in [2.45, 2.75) is 37.9 Å². The monoisotopic (exact) mass is 271 g/mol. The molecule has 1 fully saturated rings. The molecule has 1 heterocycles. The van der Waals surface area contributed by atoms with E-state index in [1.807, 2.05) is 18.7 Å². The van der Waals surface area contributed by atoms with Gasteiger partial charge < -0.3 is 5.32 Å². The molecule has 0 aromatic carbocycles. The number of rotatable bonds is 5. The molecular weight excluding hydrogens is 254 g/mol. The Hall–Kier alpha value is -0.480. The Morgan fingerprint density at radius 2 is 2.12 bits per heavy atom. The van der Waals surface area contributed by atoms with Gasteiger partial charge in [0.2, 0.25) is 0 Å². The van der Waals surface area contributed by atoms with Gasteiger partial charge in [0.15, 0.2) is 0 Å². The Kier molecular flexibility index (Phi) is 3.83. The van der Waals surface area contributed by atoms with E-state index in [0.29, 0.717) is 9.90 Å². The van der Waals surface area contributed by atoms with Crippen molar-refractivity contribution in [3.63, 3.8) is 0 Å². The first kappa shape index (κ1) is 13.0. The van der Waals surface area contributed by atoms with Gasteiger partial charge in [-0.1, -0.05) is 18.5 Å². The van der Waals surface area contributed by atoms with Crippen molar-refractivity contribution >= 4 is 29.2 Å². The highest BCUT2D eigenvalue weighted by Crippen LogP contribution is 2.47. The predicted octanol–water partition coefficient (Wildman–Crippen LogP) is 3.31. The van der Waals surface area contributed by atoms with Crippen LogP contribution in [0.3, 0.4) is 0 Å². The highest BCUT2D eigenvalue weighted by molar-refractivity contribution is 8.00. The molecule has 1 N–H and O–H groups in total. The summed E-state index contributed by atoms with van der Waals surface area (Å²) >= 11 is 8.08. The van der Waals surface area contributed by atoms with Gasteiger partial charge in [0.05, 0.1) is 0 Å². The molecule has 1 aromatic heterocycles. The largest absolute Gasteiger partial charge is 0.368 e. The van der Waals surface area contributed by atoms with Crippen LogP contribution in [0.1, 0.15) is 31.2 Å². The molecular formula is C12H18ClN3S. The van der Waals surface area contributed by atoms with E-state index < -0.39 is 0 Å². The molecule has 1 aliphatic rings. The van der Waals surface area contributed by atoms with Gasteiger partial charge in [-0.3, -0.25) is 0 Å². The summed E-state index contributed by atoms with van der Waals surface area (Å²) in [5, 5.41) is 4.02. The molecule has 0 unspecified atom stereocenters. The normalized spacial score (nSPS) is 16.9. The molecule has 5 heteroatoms. The Morgan fingerprint density at radius 3 is 2.65 bits per heavy atom. The van der Waals surface area contributed by atoms with Crippen LogP contribution in [0.2, 0.25) is 5.15 Å². The van der Waals surface area contributed by atoms with Gasteiger partial charge in [0, 0.05) is 16.9 Å². The molecule has 0 spiro atoms. The summed E-state index contributed by atoms with van der Waals surface area (Å²) in [5.74, 6) is 1.63. The molecule has 2 rings (SSSR count). The summed E-state index contributed by atoms with van der Waals surface area (Å²) in [6.07, 6.45) is 5.61. The minimum Gasteiger partial charge on any atom is -0.368 e. The van der Waals surface area contributed by atoms with Crippen molar-refractivity contribution in [1.82, 2.24) is 9.97 Å². The lowest BCUT2D eigenvalue weighted by molar-refractivity contribution is 0.914. The van der Waals surface area contributed by atoms with Crippen molar-refractivity contribution < 1.29 is 0 Å². The van der Waals surface area contributed by atoms with E-state index in [-0.39, 0.29) is 0 Å². The topological polar surface area (TPSA) is 37.8 Å². The summed E-state index contributed by atoms with van der Waals surface area (Å²) in [4.78, 5) is 8.65. The molecule has 0 bridgehead atoms. The van der Waals surface area contributed by atoms with E-state index in [9.17, 15) is 0 Å². The maximum Gasteiger partial charge on any atom is 0.138 e. The highest BCUT2D eigenvalue weighted by Gasteiger charge is 2.41. The van der Waals surface area contributed by atoms with E-state index in [0.717, 1.165) is 30.2 Å². The number of anilines is 1. The van der Waals surface area contributed by atoms with E-state index in [4.69, 9.17) is 11.6 Å². The van der Waals surface area contributed by atoms with Crippen LogP contribution in [0.25, 0.3) is 0 Å². The smallest absolute Gasteiger partial charge is 0.138 e. The van der Waals surface area contributed by atoms with E-state index in [1.165, 1.54) is 12.8 Å². The second-order valence-electron chi connectivity index (χ2n) is 4.48. The summed E-state index contributed by atoms with van der Waals surface area (Å²) in [5.41, 5.74) is 1.02. The maximum atomic E-state index is 6.14. The van der Waals surface area contributed by atoms with Gasteiger partial charge in [-0.15, -0.1) is 0 Å². The lowest BCUT2D eigenvalue weighted by atomic mass is 10.2. The first-order valence-corrected chi connectivity index (χ1v) is 7.52. The Bertz CT molecular complexity index is 418. The van der Waals surface area contributed by atoms with Gasteiger partial charge in [0.1, 0.15) is 16.8 Å². The van der Waals surface area contributed by atoms with Crippen LogP contribution < -0.4 is 5.32 Å². The predicted molar refractivity (Wildman–Crippen MR) is 75.1 cm³/mol. The summed E-state index contributed by atoms with van der Waals surface area (Å²) < 4.78 is 0.427. The van der Waals surface area contributed by atoms with Crippen LogP contribution in [-0.4, -0.2) is 27.5 Å². The molecule has 0 saturated heterocycles. The van der Waals surface area contributed by atoms with Crippen molar-refractivity contribution in [3.05, 3.63) is 16.5 Å². The van der Waals surface area contributed by atoms with Crippen LogP contribution in [0, 0.1) is 6.92 Å². The number of hydrogen-bond acceptors (Lipinski definition) is 4. The first-order valence-electron chi connectivity index (χ1n) is 5.92. The average Bonchev–Trinajstić information content (AvgIpc) is 3.06. The lowest BCUT2D eigenvalue weighted by Crippen LogP contribution is -2.19. The van der Waals surface area contributed by atoms with Crippen LogP contribution in [0.4, 0.5) is 5.82 Å². The van der Waals surface area contributed by atoms with E-state index in [2.05, 4.69) is 28.5 Å². The van der Waals surface area contributed by atoms with Gasteiger partial charge in [-0.05, 0) is 32.4 Å². The van der Waals surface area contributed by atoms with Gasteiger partial charge in [0.25, 0.3) is 0 Å². The Balaban J connectivity index is 2.14. The molecule has 0 aliphatic heterocycles. The second kappa shape index (κ2) is 5.02. The molecule has 1 saturated carbocycles. The third-order valence-corrected chi connectivity index (χ3v) is 4.97. The molecule has 94 valence electrons. The zero-order valence-electron chi connectivity index (χ0n) is 10.5. The lowest BCUT2D eigenvalue weighted by Gasteiger charge is -2.16. The zero-order valence-corrected chi connectivity index (χ0v) is 12.1. The van der Waals surface area contributed by atoms with Crippen LogP contribution >= 0.6 is 23.4 Å². The number of hydrogen-bond donors (Lipinski definition) is 1. The molecule has 0 atom stereocenters. The minimum atomic E-state index is 0.427. The molecule has 1 aromatic rings. The summed E-state index contributed by atoms with van der Waals surface area (Å²) in [7, 11) is 0. The number of thioether (sulfide) groups is 1. The third-order valence-electron chi connectivity index (χ3n) is 3.24. The average molecular weight is 272 g/mol. The number of aromatic nitrogens is 2. The standard InChI is InChI=1S/C12H18ClN3S/c1-4-9-10(13)15-8(2)16-11(9)14-7-12(17-3)5-6-12/h4-7H2,1-3H3,(H,14,15,16). The second-order valence-corrected chi connectivity index (χ2v) is 6.12. The van der Waals surface area contributed by atoms with Crippen molar-refractivity contribution in [3.8, 4) is 0 Å². The number of halogens is 1. The fraction of sp³-hybridized carbons (Fsp3) is 0.667. The minimum absolute atomic E-state index is 0.427. The Morgan fingerprint density at radius 1 is 1.41 bits per heavy atom. The van der Waals surface area contributed by atoms with Crippen LogP contribution in [-0.2, 0) is 6.42 Å². The number of aryl methyl sites for hydroxylation is 1. The van der Waals surface area contributed by atoms with Gasteiger partial charge in [-0.25, -0.2) is 9.97 Å². The van der Waals surface area contributed by atoms with Crippen molar-refractivity contribution in [2.24, 2.45) is 0 Å². The molecule has 3 nitrogen and oxygen atoms in total. The van der Waals surface area contributed by atoms with E-state index in [1.54, 1.807) is 0 Å². The van der Waals surface area contributed by atoms with Gasteiger partial charge >= 0.3 is 0 Å². The van der Waals surface area contributed by atoms with Crippen LogP contribution in [0.5, 0.6) is 0 Å². The number of nitrogens with zero attached hydrogens (tertiary/aromatic N) is 2. The quantitative estimate of drug-likeness (QED) is 0.834. The van der Waals surface area contributed by atoms with Crippen LogP contribution in [0.15, 0.2) is 0 Å². The maximum absolute atomic E-state index is 6.14. The highest BCUT2D eigenvalue weighted by atomic mass is 35.5. The van der Waals surface area contributed by atoms with Crippen molar-refractivity contribution in [1.29, 1.82) is 0 Å². The molecule has 0 radical (unpaired) electrons. The molecule has 0 amide bonds. The SMILES string of the molecule is CCc1c(Cl)nc(C)nc1NCC1(SC)CC1. The molecule has 1 aliphatic carbocycles. The molecule has 17 heavy (non-hydrogen) atoms. The van der Waals surface area contributed by atoms with Gasteiger partial charge in [-0.2, -0.15) is 11.8 Å². The third kappa shape index (κ3) is 2.86. The zero-order chi connectivity index (χ0) is 12.5. The fourth-order valence-electron chi connectivity index (χ4n) is 1.86. The van der Waals surface area contributed by atoms with E-state index >= 15 is 0 Å². The fourth-order valence-corrected chi connectivity index (χ4v) is 2.93. The number of nitrogens with one attached hydrogen (secondary N) is 1. The van der Waals surface area contributed by atoms with Crippen molar-refractivity contribution in [2.75, 3.05) is 18.1 Å². The first-order chi connectivity index (χ1) is 8.10. The summed E-state index contributed by atoms with van der Waals surface area (Å²) in [6.45, 7) is 4.92. The Labute approximate surface area is 112 Å².